The van der Waals surface area contributed by atoms with Crippen LogP contribution in [0.25, 0.3) is 0 Å². The van der Waals surface area contributed by atoms with Gasteiger partial charge in [0.05, 0.1) is 12.6 Å². The average molecular weight is 298 g/mol. The molecule has 120 valence electrons. The first-order valence-corrected chi connectivity index (χ1v) is 7.39. The summed E-state index contributed by atoms with van der Waals surface area (Å²) in [7, 11) is 1.64. The fraction of sp³-hybridized carbons (Fsp3) is 0.786. The summed E-state index contributed by atoms with van der Waals surface area (Å²) in [6, 6.07) is -0.798. The van der Waals surface area contributed by atoms with E-state index in [1.165, 1.54) is 4.90 Å². The molecule has 0 aromatic heterocycles. The molecule has 7 nitrogen and oxygen atoms in total. The molecule has 0 aromatic carbocycles. The van der Waals surface area contributed by atoms with Crippen molar-refractivity contribution in [1.82, 2.24) is 15.5 Å². The van der Waals surface area contributed by atoms with E-state index >= 15 is 0 Å². The number of hydrogen-bond acceptors (Lipinski definition) is 4. The molecule has 0 bridgehead atoms. The Kier molecular flexibility index (Phi) is 6.61. The van der Waals surface area contributed by atoms with Gasteiger partial charge in [-0.15, -0.1) is 0 Å². The summed E-state index contributed by atoms with van der Waals surface area (Å²) in [6.07, 6.45) is 2.30. The molecule has 1 rings (SSSR count). The number of amides is 3. The molecule has 7 heteroatoms. The number of nitrogens with one attached hydrogen (secondary N) is 2. The van der Waals surface area contributed by atoms with Crippen molar-refractivity contribution in [2.45, 2.75) is 45.2 Å². The monoisotopic (exact) mass is 298 g/mol. The van der Waals surface area contributed by atoms with Crippen molar-refractivity contribution in [1.29, 1.82) is 0 Å². The molecule has 0 unspecified atom stereocenters. The summed E-state index contributed by atoms with van der Waals surface area (Å²) in [4.78, 5) is 36.9. The molecule has 0 spiro atoms. The third-order valence-corrected chi connectivity index (χ3v) is 3.61. The second-order valence-corrected chi connectivity index (χ2v) is 5.93. The van der Waals surface area contributed by atoms with E-state index in [0.29, 0.717) is 6.42 Å². The Balaban J connectivity index is 2.72. The average Bonchev–Trinajstić information content (AvgIpc) is 2.94. The maximum atomic E-state index is 12.4. The topological polar surface area (TPSA) is 105 Å². The summed E-state index contributed by atoms with van der Waals surface area (Å²) in [5.41, 5.74) is 5.03. The molecule has 1 saturated heterocycles. The van der Waals surface area contributed by atoms with Crippen molar-refractivity contribution >= 4 is 17.7 Å². The van der Waals surface area contributed by atoms with Crippen LogP contribution in [0.2, 0.25) is 0 Å². The van der Waals surface area contributed by atoms with Crippen molar-refractivity contribution in [3.05, 3.63) is 0 Å². The molecule has 21 heavy (non-hydrogen) atoms. The van der Waals surface area contributed by atoms with Gasteiger partial charge in [0, 0.05) is 7.05 Å². The first-order chi connectivity index (χ1) is 9.82. The molecule has 3 amide bonds. The molecule has 0 radical (unpaired) electrons. The maximum Gasteiger partial charge on any atom is 0.243 e. The highest BCUT2D eigenvalue weighted by atomic mass is 16.2. The lowest BCUT2D eigenvalue weighted by molar-refractivity contribution is -0.141. The fourth-order valence-corrected chi connectivity index (χ4v) is 2.47. The van der Waals surface area contributed by atoms with Crippen molar-refractivity contribution < 1.29 is 14.4 Å². The molecule has 1 heterocycles. The van der Waals surface area contributed by atoms with Crippen LogP contribution in [0.3, 0.4) is 0 Å². The van der Waals surface area contributed by atoms with E-state index in [9.17, 15) is 14.4 Å². The molecule has 0 aromatic rings. The van der Waals surface area contributed by atoms with Gasteiger partial charge in [-0.2, -0.15) is 0 Å². The third kappa shape index (κ3) is 5.34. The molecule has 1 aliphatic rings. The van der Waals surface area contributed by atoms with E-state index in [1.54, 1.807) is 7.05 Å². The van der Waals surface area contributed by atoms with Crippen LogP contribution in [0.1, 0.15) is 33.1 Å². The first-order valence-electron chi connectivity index (χ1n) is 7.39. The number of rotatable bonds is 7. The quantitative estimate of drug-likeness (QED) is 0.573. The van der Waals surface area contributed by atoms with Gasteiger partial charge < -0.3 is 21.3 Å². The van der Waals surface area contributed by atoms with E-state index in [2.05, 4.69) is 10.6 Å². The minimum Gasteiger partial charge on any atom is -0.368 e. The van der Waals surface area contributed by atoms with Gasteiger partial charge in [0.25, 0.3) is 0 Å². The van der Waals surface area contributed by atoms with E-state index in [-0.39, 0.29) is 30.3 Å². The van der Waals surface area contributed by atoms with Gasteiger partial charge in [-0.25, -0.2) is 0 Å². The van der Waals surface area contributed by atoms with Gasteiger partial charge >= 0.3 is 0 Å². The number of primary amides is 1. The van der Waals surface area contributed by atoms with Gasteiger partial charge in [0.1, 0.15) is 6.04 Å². The van der Waals surface area contributed by atoms with E-state index in [0.717, 1.165) is 19.4 Å². The number of nitrogens with two attached hydrogens (primary N) is 1. The maximum absolute atomic E-state index is 12.4. The summed E-state index contributed by atoms with van der Waals surface area (Å²) >= 11 is 0. The van der Waals surface area contributed by atoms with Crippen molar-refractivity contribution in [3.8, 4) is 0 Å². The fourth-order valence-electron chi connectivity index (χ4n) is 2.47. The Morgan fingerprint density at radius 1 is 1.38 bits per heavy atom. The lowest BCUT2D eigenvalue weighted by Crippen LogP contribution is -2.53. The zero-order valence-electron chi connectivity index (χ0n) is 13.0. The first kappa shape index (κ1) is 17.4. The largest absolute Gasteiger partial charge is 0.368 e. The smallest absolute Gasteiger partial charge is 0.243 e. The number of carbonyl (C=O) groups is 3. The van der Waals surface area contributed by atoms with Crippen LogP contribution in [0.4, 0.5) is 0 Å². The SMILES string of the molecule is CC(C)C[C@H](C(=O)NCC(N)=O)N(C)C(=O)[C@@H]1CCCN1. The number of carbonyl (C=O) groups excluding carboxylic acids is 3. The molecule has 2 atom stereocenters. The second-order valence-electron chi connectivity index (χ2n) is 5.93. The number of hydrogen-bond donors (Lipinski definition) is 3. The summed E-state index contributed by atoms with van der Waals surface area (Å²) in [6.45, 7) is 4.59. The normalized spacial score (nSPS) is 19.3. The summed E-state index contributed by atoms with van der Waals surface area (Å²) < 4.78 is 0. The molecule has 0 aliphatic carbocycles. The Morgan fingerprint density at radius 2 is 2.05 bits per heavy atom. The predicted octanol–water partition coefficient (Wildman–Crippen LogP) is -0.787. The van der Waals surface area contributed by atoms with E-state index in [4.69, 9.17) is 5.73 Å². The lowest BCUT2D eigenvalue weighted by Gasteiger charge is -2.30. The van der Waals surface area contributed by atoms with Crippen LogP contribution in [-0.4, -0.2) is 54.8 Å². The highest BCUT2D eigenvalue weighted by Crippen LogP contribution is 2.15. The van der Waals surface area contributed by atoms with Crippen LogP contribution >= 0.6 is 0 Å². The van der Waals surface area contributed by atoms with Gasteiger partial charge in [-0.1, -0.05) is 13.8 Å². The zero-order chi connectivity index (χ0) is 16.0. The standard InChI is InChI=1S/C14H26N4O3/c1-9(2)7-11(13(20)17-8-12(15)19)18(3)14(21)10-5-4-6-16-10/h9-11,16H,4-8H2,1-3H3,(H2,15,19)(H,17,20)/t10-,11+/m0/s1. The van der Waals surface area contributed by atoms with Crippen LogP contribution in [0.5, 0.6) is 0 Å². The highest BCUT2D eigenvalue weighted by Gasteiger charge is 2.32. The van der Waals surface area contributed by atoms with Crippen molar-refractivity contribution in [2.75, 3.05) is 20.1 Å². The van der Waals surface area contributed by atoms with Crippen LogP contribution in [0, 0.1) is 5.92 Å². The predicted molar refractivity (Wildman–Crippen MR) is 79.2 cm³/mol. The molecule has 0 saturated carbocycles. The van der Waals surface area contributed by atoms with Crippen molar-refractivity contribution in [3.63, 3.8) is 0 Å². The second kappa shape index (κ2) is 7.97. The van der Waals surface area contributed by atoms with Gasteiger partial charge in [0.15, 0.2) is 0 Å². The summed E-state index contributed by atoms with van der Waals surface area (Å²) in [5, 5.41) is 5.62. The highest BCUT2D eigenvalue weighted by molar-refractivity contribution is 5.91. The minimum absolute atomic E-state index is 0.0765. The Morgan fingerprint density at radius 3 is 2.52 bits per heavy atom. The van der Waals surface area contributed by atoms with E-state index in [1.807, 2.05) is 13.8 Å². The van der Waals surface area contributed by atoms with Crippen molar-refractivity contribution in [2.24, 2.45) is 11.7 Å². The minimum atomic E-state index is -0.599. The Labute approximate surface area is 125 Å². The van der Waals surface area contributed by atoms with Gasteiger partial charge in [-0.05, 0) is 31.7 Å². The molecule has 4 N–H and O–H groups in total. The zero-order valence-corrected chi connectivity index (χ0v) is 13.0. The molecule has 1 fully saturated rings. The molecule has 1 aliphatic heterocycles. The Hall–Kier alpha value is -1.63. The van der Waals surface area contributed by atoms with E-state index < -0.39 is 11.9 Å². The third-order valence-electron chi connectivity index (χ3n) is 3.61. The lowest BCUT2D eigenvalue weighted by atomic mass is 10.0. The number of nitrogens with zero attached hydrogens (tertiary/aromatic N) is 1. The van der Waals surface area contributed by atoms with Gasteiger partial charge in [-0.3, -0.25) is 14.4 Å². The molecular formula is C14H26N4O3. The Bertz CT molecular complexity index is 392. The summed E-state index contributed by atoms with van der Waals surface area (Å²) in [5.74, 6) is -0.761. The van der Waals surface area contributed by atoms with Gasteiger partial charge in [0.2, 0.25) is 17.7 Å². The van der Waals surface area contributed by atoms with Crippen LogP contribution in [-0.2, 0) is 14.4 Å². The number of likely N-dealkylation sites (N-methyl/N-ethyl adjacent to an activating group) is 1. The van der Waals surface area contributed by atoms with Crippen LogP contribution < -0.4 is 16.4 Å². The van der Waals surface area contributed by atoms with Crippen LogP contribution in [0.15, 0.2) is 0 Å². The molecular weight excluding hydrogens is 272 g/mol.